The molecule has 1 aromatic carbocycles. The average Bonchev–Trinajstić information content (AvgIpc) is 3.01. The van der Waals surface area contributed by atoms with E-state index in [-0.39, 0.29) is 11.9 Å². The minimum atomic E-state index is -1.82. The van der Waals surface area contributed by atoms with Gasteiger partial charge >= 0.3 is 17.9 Å². The normalized spacial score (nSPS) is 11.4. The summed E-state index contributed by atoms with van der Waals surface area (Å²) in [7, 11) is 6.92. The van der Waals surface area contributed by atoms with Gasteiger partial charge in [-0.1, -0.05) is 0 Å². The highest BCUT2D eigenvalue weighted by molar-refractivity contribution is 6.27. The number of hydrogen-bond acceptors (Lipinski definition) is 6. The molecule has 1 atom stereocenters. The summed E-state index contributed by atoms with van der Waals surface area (Å²) in [4.78, 5) is 35.4. The molecule has 0 spiro atoms. The van der Waals surface area contributed by atoms with Gasteiger partial charge in [-0.3, -0.25) is 4.79 Å². The maximum atomic E-state index is 12.1. The Balaban J connectivity index is 0.000000487. The van der Waals surface area contributed by atoms with Crippen LogP contribution in [0.5, 0.6) is 5.75 Å². The lowest BCUT2D eigenvalue weighted by atomic mass is 9.98. The Morgan fingerprint density at radius 1 is 1.15 bits per heavy atom. The molecule has 0 amide bonds. The van der Waals surface area contributed by atoms with Crippen molar-refractivity contribution in [1.82, 2.24) is 9.88 Å². The first-order valence-electron chi connectivity index (χ1n) is 7.55. The molecule has 0 fully saturated rings. The molecule has 9 nitrogen and oxygen atoms in total. The van der Waals surface area contributed by atoms with E-state index in [1.165, 1.54) is 7.11 Å². The topological polar surface area (TPSA) is 129 Å². The zero-order valence-electron chi connectivity index (χ0n) is 15.0. The molecule has 0 saturated heterocycles. The van der Waals surface area contributed by atoms with Gasteiger partial charge in [0, 0.05) is 23.6 Å². The molecule has 142 valence electrons. The summed E-state index contributed by atoms with van der Waals surface area (Å²) in [5.41, 5.74) is 1.91. The Morgan fingerprint density at radius 3 is 2.23 bits per heavy atom. The Labute approximate surface area is 150 Å². The molecule has 1 heterocycles. The molecular formula is C17H22N2O7. The minimum Gasteiger partial charge on any atom is -0.497 e. The lowest BCUT2D eigenvalue weighted by molar-refractivity contribution is -0.159. The van der Waals surface area contributed by atoms with E-state index in [0.29, 0.717) is 6.54 Å². The van der Waals surface area contributed by atoms with Gasteiger partial charge in [0.15, 0.2) is 0 Å². The Bertz CT molecular complexity index is 771. The number of H-pyrrole nitrogens is 1. The maximum Gasteiger partial charge on any atom is 0.414 e. The number of carboxylic acids is 2. The molecule has 1 unspecified atom stereocenters. The predicted molar refractivity (Wildman–Crippen MR) is 93.4 cm³/mol. The van der Waals surface area contributed by atoms with Crippen molar-refractivity contribution in [2.24, 2.45) is 0 Å². The van der Waals surface area contributed by atoms with E-state index in [4.69, 9.17) is 29.3 Å². The van der Waals surface area contributed by atoms with E-state index in [9.17, 15) is 4.79 Å². The molecule has 0 bridgehead atoms. The number of carboxylic acid groups (broad SMARTS) is 2. The van der Waals surface area contributed by atoms with Gasteiger partial charge in [0.25, 0.3) is 0 Å². The Morgan fingerprint density at radius 2 is 1.77 bits per heavy atom. The molecule has 26 heavy (non-hydrogen) atoms. The van der Waals surface area contributed by atoms with Crippen molar-refractivity contribution >= 4 is 28.8 Å². The molecule has 2 aromatic rings. The molecule has 3 N–H and O–H groups in total. The summed E-state index contributed by atoms with van der Waals surface area (Å²) in [5, 5.41) is 15.8. The molecule has 0 aliphatic carbocycles. The van der Waals surface area contributed by atoms with Crippen LogP contribution in [0, 0.1) is 0 Å². The fourth-order valence-electron chi connectivity index (χ4n) is 2.34. The van der Waals surface area contributed by atoms with Crippen LogP contribution in [0.3, 0.4) is 0 Å². The van der Waals surface area contributed by atoms with Crippen LogP contribution in [0.25, 0.3) is 10.9 Å². The summed E-state index contributed by atoms with van der Waals surface area (Å²) in [6.07, 6.45) is 1.87. The number of carbonyl (C=O) groups is 3. The number of aromatic nitrogens is 1. The molecular weight excluding hydrogens is 344 g/mol. The number of nitrogens with zero attached hydrogens (tertiary/aromatic N) is 1. The van der Waals surface area contributed by atoms with Crippen molar-refractivity contribution in [3.63, 3.8) is 0 Å². The van der Waals surface area contributed by atoms with Crippen LogP contribution < -0.4 is 4.74 Å². The van der Waals surface area contributed by atoms with Crippen LogP contribution in [-0.2, 0) is 19.1 Å². The summed E-state index contributed by atoms with van der Waals surface area (Å²) in [6, 6.07) is 5.77. The molecule has 9 heteroatoms. The highest BCUT2D eigenvalue weighted by Crippen LogP contribution is 2.29. The smallest absolute Gasteiger partial charge is 0.414 e. The number of nitrogens with one attached hydrogen (secondary N) is 1. The van der Waals surface area contributed by atoms with E-state index in [1.54, 1.807) is 7.11 Å². The van der Waals surface area contributed by atoms with Crippen molar-refractivity contribution in [1.29, 1.82) is 0 Å². The number of aromatic amines is 1. The second kappa shape index (κ2) is 9.42. The van der Waals surface area contributed by atoms with Gasteiger partial charge in [-0.2, -0.15) is 0 Å². The number of carbonyl (C=O) groups excluding carboxylic acids is 1. The monoisotopic (exact) mass is 366 g/mol. The first kappa shape index (κ1) is 21.0. The van der Waals surface area contributed by atoms with E-state index in [2.05, 4.69) is 4.98 Å². The standard InChI is InChI=1S/C15H20N2O3.C2H2O4/c1-17(2)9-13(15(18)20-4)12-8-16-14-6-5-10(19-3)7-11(12)14;3-1(4)2(5)6/h5-8,13,16H,9H2,1-4H3;(H,3,4)(H,5,6). The van der Waals surface area contributed by atoms with Gasteiger partial charge in [-0.15, -0.1) is 0 Å². The third-order valence-electron chi connectivity index (χ3n) is 3.51. The van der Waals surface area contributed by atoms with E-state index in [0.717, 1.165) is 22.2 Å². The van der Waals surface area contributed by atoms with E-state index in [1.807, 2.05) is 43.4 Å². The lowest BCUT2D eigenvalue weighted by Gasteiger charge is -2.18. The number of esters is 1. The number of rotatable bonds is 5. The van der Waals surface area contributed by atoms with Gasteiger partial charge in [-0.25, -0.2) is 9.59 Å². The number of fused-ring (bicyclic) bond motifs is 1. The van der Waals surface area contributed by atoms with Gasteiger partial charge < -0.3 is 29.6 Å². The van der Waals surface area contributed by atoms with Crippen molar-refractivity contribution in [2.75, 3.05) is 34.9 Å². The molecule has 0 aliphatic rings. The molecule has 1 aromatic heterocycles. The number of benzene rings is 1. The van der Waals surface area contributed by atoms with E-state index >= 15 is 0 Å². The quantitative estimate of drug-likeness (QED) is 0.531. The first-order chi connectivity index (χ1) is 12.2. The molecule has 0 aliphatic heterocycles. The number of ether oxygens (including phenoxy) is 2. The second-order valence-electron chi connectivity index (χ2n) is 5.60. The highest BCUT2D eigenvalue weighted by Gasteiger charge is 2.25. The summed E-state index contributed by atoms with van der Waals surface area (Å²) in [5.74, 6) is -3.44. The van der Waals surface area contributed by atoms with Crippen molar-refractivity contribution < 1.29 is 34.1 Å². The summed E-state index contributed by atoms with van der Waals surface area (Å²) in [6.45, 7) is 0.594. The van der Waals surface area contributed by atoms with Gasteiger partial charge in [-0.05, 0) is 37.9 Å². The van der Waals surface area contributed by atoms with Crippen LogP contribution in [0.1, 0.15) is 11.5 Å². The third kappa shape index (κ3) is 5.49. The average molecular weight is 366 g/mol. The van der Waals surface area contributed by atoms with Crippen molar-refractivity contribution in [3.05, 3.63) is 30.0 Å². The number of aliphatic carboxylic acids is 2. The van der Waals surface area contributed by atoms with Gasteiger partial charge in [0.2, 0.25) is 0 Å². The maximum absolute atomic E-state index is 12.1. The van der Waals surface area contributed by atoms with Crippen LogP contribution in [-0.4, -0.2) is 72.9 Å². The molecule has 2 rings (SSSR count). The lowest BCUT2D eigenvalue weighted by Crippen LogP contribution is -2.26. The van der Waals surface area contributed by atoms with Crippen LogP contribution in [0.15, 0.2) is 24.4 Å². The van der Waals surface area contributed by atoms with Gasteiger partial charge in [0.05, 0.1) is 20.1 Å². The number of methoxy groups -OCH3 is 2. The number of likely N-dealkylation sites (N-methyl/N-ethyl adjacent to an activating group) is 1. The summed E-state index contributed by atoms with van der Waals surface area (Å²) >= 11 is 0. The zero-order valence-corrected chi connectivity index (χ0v) is 15.0. The van der Waals surface area contributed by atoms with Crippen LogP contribution in [0.4, 0.5) is 0 Å². The van der Waals surface area contributed by atoms with E-state index < -0.39 is 11.9 Å². The first-order valence-corrected chi connectivity index (χ1v) is 7.55. The second-order valence-corrected chi connectivity index (χ2v) is 5.60. The Kier molecular flexibility index (Phi) is 7.60. The predicted octanol–water partition coefficient (Wildman–Crippen LogP) is 1.15. The van der Waals surface area contributed by atoms with Crippen molar-refractivity contribution in [3.8, 4) is 5.75 Å². The van der Waals surface area contributed by atoms with Crippen LogP contribution in [0.2, 0.25) is 0 Å². The molecule has 0 saturated carbocycles. The SMILES string of the molecule is COC(=O)C(CN(C)C)c1c[nH]c2ccc(OC)cc12.O=C(O)C(=O)O. The highest BCUT2D eigenvalue weighted by atomic mass is 16.5. The fourth-order valence-corrected chi connectivity index (χ4v) is 2.34. The minimum absolute atomic E-state index is 0.234. The van der Waals surface area contributed by atoms with Gasteiger partial charge in [0.1, 0.15) is 5.75 Å². The third-order valence-corrected chi connectivity index (χ3v) is 3.51. The fraction of sp³-hybridized carbons (Fsp3) is 0.353. The summed E-state index contributed by atoms with van der Waals surface area (Å²) < 4.78 is 10.2. The zero-order chi connectivity index (χ0) is 19.9. The molecule has 0 radical (unpaired) electrons. The largest absolute Gasteiger partial charge is 0.497 e. The Hall–Kier alpha value is -3.07. The van der Waals surface area contributed by atoms with Crippen molar-refractivity contribution in [2.45, 2.75) is 5.92 Å². The van der Waals surface area contributed by atoms with Crippen LogP contribution >= 0.6 is 0 Å². The number of hydrogen-bond donors (Lipinski definition) is 3.